The molecule has 0 aliphatic carbocycles. The molecule has 0 saturated heterocycles. The average molecular weight is 371 g/mol. The van der Waals surface area contributed by atoms with Crippen LogP contribution in [0.4, 0.5) is 11.4 Å². The largest absolute Gasteiger partial charge is 0.398 e. The fraction of sp³-hybridized carbons (Fsp3) is 0. The van der Waals surface area contributed by atoms with Crippen molar-refractivity contribution in [2.75, 3.05) is 11.1 Å². The Morgan fingerprint density at radius 1 is 1.28 bits per heavy atom. The second kappa shape index (κ2) is 5.49. The molecular weight excluding hydrogens is 362 g/mol. The molecule has 2 aromatic rings. The number of aromatic nitrogens is 1. The zero-order valence-electron chi connectivity index (χ0n) is 9.15. The van der Waals surface area contributed by atoms with E-state index < -0.39 is 0 Å². The Morgan fingerprint density at radius 2 is 2.06 bits per heavy atom. The van der Waals surface area contributed by atoms with Crippen LogP contribution in [0.1, 0.15) is 10.4 Å². The van der Waals surface area contributed by atoms with Gasteiger partial charge in [0.2, 0.25) is 0 Å². The molecule has 0 aliphatic heterocycles. The van der Waals surface area contributed by atoms with Crippen molar-refractivity contribution in [3.63, 3.8) is 0 Å². The molecule has 1 heterocycles. The van der Waals surface area contributed by atoms with E-state index in [1.807, 2.05) is 12.1 Å². The number of hydrogen-bond donors (Lipinski definition) is 2. The number of nitrogens with two attached hydrogens (primary N) is 1. The normalized spacial score (nSPS) is 10.1. The molecule has 6 heteroatoms. The van der Waals surface area contributed by atoms with Gasteiger partial charge in [-0.3, -0.25) is 9.78 Å². The molecule has 0 fully saturated rings. The van der Waals surface area contributed by atoms with Gasteiger partial charge >= 0.3 is 0 Å². The molecule has 0 spiro atoms. The Labute approximate surface area is 121 Å². The fourth-order valence-corrected chi connectivity index (χ4v) is 2.52. The van der Waals surface area contributed by atoms with E-state index in [9.17, 15) is 4.79 Å². The number of carbonyl (C=O) groups excluding carboxylic acids is 1. The number of benzene rings is 1. The highest BCUT2D eigenvalue weighted by atomic mass is 79.9. The van der Waals surface area contributed by atoms with Crippen LogP contribution in [0.15, 0.2) is 45.6 Å². The molecule has 1 aromatic carbocycles. The van der Waals surface area contributed by atoms with Gasteiger partial charge in [0.15, 0.2) is 0 Å². The second-order valence-electron chi connectivity index (χ2n) is 3.54. The van der Waals surface area contributed by atoms with E-state index in [4.69, 9.17) is 5.73 Å². The highest BCUT2D eigenvalue weighted by Crippen LogP contribution is 2.26. The summed E-state index contributed by atoms with van der Waals surface area (Å²) < 4.78 is 1.71. The molecule has 4 nitrogen and oxygen atoms in total. The van der Waals surface area contributed by atoms with Crippen molar-refractivity contribution >= 4 is 49.1 Å². The topological polar surface area (TPSA) is 68.0 Å². The van der Waals surface area contributed by atoms with Crippen LogP contribution in [0.3, 0.4) is 0 Å². The molecule has 0 radical (unpaired) electrons. The van der Waals surface area contributed by atoms with Crippen LogP contribution in [-0.2, 0) is 0 Å². The number of rotatable bonds is 2. The number of nitrogens with one attached hydrogen (secondary N) is 1. The first-order chi connectivity index (χ1) is 8.58. The van der Waals surface area contributed by atoms with E-state index in [0.29, 0.717) is 16.9 Å². The van der Waals surface area contributed by atoms with E-state index in [2.05, 4.69) is 42.2 Å². The molecule has 18 heavy (non-hydrogen) atoms. The van der Waals surface area contributed by atoms with Crippen molar-refractivity contribution in [2.45, 2.75) is 0 Å². The molecule has 92 valence electrons. The van der Waals surface area contributed by atoms with Crippen LogP contribution < -0.4 is 11.1 Å². The number of halogens is 2. The third-order valence-electron chi connectivity index (χ3n) is 2.28. The standard InChI is InChI=1S/C12H9Br2N3O/c13-7-1-2-11(9(14)5-7)17-12(18)8-6-16-4-3-10(8)15/h1-6H,(H2,15,16)(H,17,18). The van der Waals surface area contributed by atoms with Gasteiger partial charge in [-0.15, -0.1) is 0 Å². The summed E-state index contributed by atoms with van der Waals surface area (Å²) >= 11 is 6.72. The molecule has 3 N–H and O–H groups in total. The number of amides is 1. The zero-order valence-corrected chi connectivity index (χ0v) is 12.3. The van der Waals surface area contributed by atoms with Crippen molar-refractivity contribution in [2.24, 2.45) is 0 Å². The van der Waals surface area contributed by atoms with E-state index in [1.165, 1.54) is 6.20 Å². The molecule has 1 aromatic heterocycles. The molecule has 1 amide bonds. The molecule has 0 atom stereocenters. The zero-order chi connectivity index (χ0) is 13.1. The summed E-state index contributed by atoms with van der Waals surface area (Å²) in [6.45, 7) is 0. The van der Waals surface area contributed by atoms with Crippen molar-refractivity contribution in [3.8, 4) is 0 Å². The van der Waals surface area contributed by atoms with Gasteiger partial charge in [-0.1, -0.05) is 15.9 Å². The Balaban J connectivity index is 2.24. The maximum atomic E-state index is 12.0. The van der Waals surface area contributed by atoms with Crippen molar-refractivity contribution in [1.82, 2.24) is 4.98 Å². The fourth-order valence-electron chi connectivity index (χ4n) is 1.38. The van der Waals surface area contributed by atoms with Crippen LogP contribution in [0, 0.1) is 0 Å². The van der Waals surface area contributed by atoms with Gasteiger partial charge in [0, 0.05) is 27.0 Å². The van der Waals surface area contributed by atoms with Crippen LogP contribution in [0.25, 0.3) is 0 Å². The average Bonchev–Trinajstić information content (AvgIpc) is 2.33. The number of pyridine rings is 1. The van der Waals surface area contributed by atoms with E-state index in [0.717, 1.165) is 8.95 Å². The molecule has 0 bridgehead atoms. The Kier molecular flexibility index (Phi) is 3.98. The number of carbonyl (C=O) groups is 1. The van der Waals surface area contributed by atoms with Crippen LogP contribution in [0.5, 0.6) is 0 Å². The quantitative estimate of drug-likeness (QED) is 0.850. The van der Waals surface area contributed by atoms with Crippen molar-refractivity contribution < 1.29 is 4.79 Å². The number of anilines is 2. The summed E-state index contributed by atoms with van der Waals surface area (Å²) in [5.74, 6) is -0.288. The molecule has 0 unspecified atom stereocenters. The first kappa shape index (κ1) is 13.0. The van der Waals surface area contributed by atoms with Gasteiger partial charge in [0.05, 0.1) is 11.3 Å². The molecule has 0 saturated carbocycles. The minimum absolute atomic E-state index is 0.288. The Morgan fingerprint density at radius 3 is 2.72 bits per heavy atom. The summed E-state index contributed by atoms with van der Waals surface area (Å²) in [4.78, 5) is 15.9. The van der Waals surface area contributed by atoms with Gasteiger partial charge in [-0.2, -0.15) is 0 Å². The van der Waals surface area contributed by atoms with Crippen molar-refractivity contribution in [1.29, 1.82) is 0 Å². The van der Waals surface area contributed by atoms with Gasteiger partial charge in [-0.25, -0.2) is 0 Å². The van der Waals surface area contributed by atoms with Crippen LogP contribution >= 0.6 is 31.9 Å². The van der Waals surface area contributed by atoms with E-state index in [-0.39, 0.29) is 5.91 Å². The summed E-state index contributed by atoms with van der Waals surface area (Å²) in [5.41, 5.74) is 7.14. The Bertz CT molecular complexity index is 602. The van der Waals surface area contributed by atoms with Gasteiger partial charge in [-0.05, 0) is 40.2 Å². The highest BCUT2D eigenvalue weighted by molar-refractivity contribution is 9.11. The molecule has 2 rings (SSSR count). The first-order valence-electron chi connectivity index (χ1n) is 5.04. The second-order valence-corrected chi connectivity index (χ2v) is 5.31. The number of nitrogen functional groups attached to an aromatic ring is 1. The minimum Gasteiger partial charge on any atom is -0.398 e. The summed E-state index contributed by atoms with van der Waals surface area (Å²) in [6, 6.07) is 7.07. The third-order valence-corrected chi connectivity index (χ3v) is 3.43. The molecule has 0 aliphatic rings. The summed E-state index contributed by atoms with van der Waals surface area (Å²) in [5, 5.41) is 2.77. The molecular formula is C12H9Br2N3O. The van der Waals surface area contributed by atoms with Crippen LogP contribution in [-0.4, -0.2) is 10.9 Å². The van der Waals surface area contributed by atoms with Crippen LogP contribution in [0.2, 0.25) is 0 Å². The lowest BCUT2D eigenvalue weighted by Gasteiger charge is -2.08. The number of nitrogens with zero attached hydrogens (tertiary/aromatic N) is 1. The van der Waals surface area contributed by atoms with Crippen molar-refractivity contribution in [3.05, 3.63) is 51.2 Å². The summed E-state index contributed by atoms with van der Waals surface area (Å²) in [7, 11) is 0. The smallest absolute Gasteiger partial charge is 0.259 e. The lowest BCUT2D eigenvalue weighted by Crippen LogP contribution is -2.14. The van der Waals surface area contributed by atoms with E-state index in [1.54, 1.807) is 18.3 Å². The minimum atomic E-state index is -0.288. The third kappa shape index (κ3) is 2.88. The monoisotopic (exact) mass is 369 g/mol. The predicted octanol–water partition coefficient (Wildman–Crippen LogP) is 3.44. The maximum Gasteiger partial charge on any atom is 0.259 e. The van der Waals surface area contributed by atoms with Gasteiger partial charge < -0.3 is 11.1 Å². The predicted molar refractivity (Wildman–Crippen MR) is 78.4 cm³/mol. The lowest BCUT2D eigenvalue weighted by molar-refractivity contribution is 0.102. The van der Waals surface area contributed by atoms with E-state index >= 15 is 0 Å². The number of hydrogen-bond acceptors (Lipinski definition) is 3. The maximum absolute atomic E-state index is 12.0. The first-order valence-corrected chi connectivity index (χ1v) is 6.62. The Hall–Kier alpha value is -1.40. The summed E-state index contributed by atoms with van der Waals surface area (Å²) in [6.07, 6.45) is 2.99. The van der Waals surface area contributed by atoms with Gasteiger partial charge in [0.25, 0.3) is 5.91 Å². The highest BCUT2D eigenvalue weighted by Gasteiger charge is 2.11. The SMILES string of the molecule is Nc1ccncc1C(=O)Nc1ccc(Br)cc1Br. The lowest BCUT2D eigenvalue weighted by atomic mass is 10.2. The van der Waals surface area contributed by atoms with Gasteiger partial charge in [0.1, 0.15) is 0 Å².